The molecule has 5 heteroatoms. The minimum Gasteiger partial charge on any atom is -0.392 e. The van der Waals surface area contributed by atoms with E-state index in [-0.39, 0.29) is 13.2 Å². The molecule has 0 fully saturated rings. The molecular formula is C13H14F2N2O. The molecule has 0 saturated heterocycles. The first-order chi connectivity index (χ1) is 8.52. The quantitative estimate of drug-likeness (QED) is 0.910. The first kappa shape index (κ1) is 12.7. The van der Waals surface area contributed by atoms with Crippen LogP contribution in [0.15, 0.2) is 18.2 Å². The summed E-state index contributed by atoms with van der Waals surface area (Å²) in [6, 6.07) is 3.48. The minimum atomic E-state index is -0.597. The second kappa shape index (κ2) is 4.86. The van der Waals surface area contributed by atoms with Crippen LogP contribution in [0.1, 0.15) is 22.5 Å². The summed E-state index contributed by atoms with van der Waals surface area (Å²) in [6.07, 6.45) is 0. The average Bonchev–Trinajstić information content (AvgIpc) is 2.58. The van der Waals surface area contributed by atoms with Gasteiger partial charge >= 0.3 is 0 Å². The lowest BCUT2D eigenvalue weighted by atomic mass is 10.2. The molecule has 1 aromatic heterocycles. The van der Waals surface area contributed by atoms with Crippen LogP contribution in [0.5, 0.6) is 0 Å². The van der Waals surface area contributed by atoms with Gasteiger partial charge in [-0.25, -0.2) is 8.78 Å². The van der Waals surface area contributed by atoms with Gasteiger partial charge in [-0.1, -0.05) is 6.07 Å². The number of halogens is 2. The summed E-state index contributed by atoms with van der Waals surface area (Å²) >= 11 is 0. The number of rotatable bonds is 3. The summed E-state index contributed by atoms with van der Waals surface area (Å²) in [5.41, 5.74) is 2.63. The second-order valence-corrected chi connectivity index (χ2v) is 4.20. The van der Waals surface area contributed by atoms with E-state index >= 15 is 0 Å². The topological polar surface area (TPSA) is 38.0 Å². The zero-order valence-corrected chi connectivity index (χ0v) is 10.2. The molecule has 0 unspecified atom stereocenters. The molecule has 3 nitrogen and oxygen atoms in total. The first-order valence-electron chi connectivity index (χ1n) is 5.60. The van der Waals surface area contributed by atoms with E-state index in [0.29, 0.717) is 5.56 Å². The third-order valence-electron chi connectivity index (χ3n) is 3.02. The fourth-order valence-corrected chi connectivity index (χ4v) is 1.93. The Hall–Kier alpha value is -1.75. The molecule has 0 radical (unpaired) electrons. The number of hydrogen-bond acceptors (Lipinski definition) is 2. The predicted octanol–water partition coefficient (Wildman–Crippen LogP) is 2.32. The summed E-state index contributed by atoms with van der Waals surface area (Å²) in [7, 11) is 0. The lowest BCUT2D eigenvalue weighted by molar-refractivity contribution is 0.280. The lowest BCUT2D eigenvalue weighted by Gasteiger charge is -2.06. The van der Waals surface area contributed by atoms with Gasteiger partial charge in [-0.3, -0.25) is 4.68 Å². The molecule has 0 aliphatic rings. The van der Waals surface area contributed by atoms with Crippen molar-refractivity contribution in [1.82, 2.24) is 9.78 Å². The molecule has 1 N–H and O–H groups in total. The molecule has 2 aromatic rings. The van der Waals surface area contributed by atoms with Crippen molar-refractivity contribution in [3.8, 4) is 0 Å². The van der Waals surface area contributed by atoms with E-state index in [1.54, 1.807) is 11.6 Å². The number of aromatic nitrogens is 2. The van der Waals surface area contributed by atoms with E-state index in [1.807, 2.05) is 6.92 Å². The maximum Gasteiger partial charge on any atom is 0.131 e. The summed E-state index contributed by atoms with van der Waals surface area (Å²) in [5, 5.41) is 13.4. The van der Waals surface area contributed by atoms with Gasteiger partial charge in [-0.05, 0) is 19.9 Å². The SMILES string of the molecule is Cc1nn(Cc2ccc(F)cc2F)c(C)c1CO. The van der Waals surface area contributed by atoms with Crippen molar-refractivity contribution in [2.45, 2.75) is 27.0 Å². The molecule has 0 spiro atoms. The number of aliphatic hydroxyl groups is 1. The Kier molecular flexibility index (Phi) is 3.43. The van der Waals surface area contributed by atoms with E-state index < -0.39 is 11.6 Å². The second-order valence-electron chi connectivity index (χ2n) is 4.20. The summed E-state index contributed by atoms with van der Waals surface area (Å²) in [5.74, 6) is -1.19. The van der Waals surface area contributed by atoms with Gasteiger partial charge in [0.1, 0.15) is 11.6 Å². The standard InChI is InChI=1S/C13H14F2N2O/c1-8-12(7-18)9(2)17(16-8)6-10-3-4-11(14)5-13(10)15/h3-5,18H,6-7H2,1-2H3. The normalized spacial score (nSPS) is 10.9. The Labute approximate surface area is 104 Å². The monoisotopic (exact) mass is 252 g/mol. The third kappa shape index (κ3) is 2.26. The fraction of sp³-hybridized carbons (Fsp3) is 0.308. The van der Waals surface area contributed by atoms with Crippen LogP contribution in [0.25, 0.3) is 0 Å². The molecule has 96 valence electrons. The van der Waals surface area contributed by atoms with E-state index in [1.165, 1.54) is 12.1 Å². The largest absolute Gasteiger partial charge is 0.392 e. The molecule has 2 rings (SSSR count). The van der Waals surface area contributed by atoms with E-state index in [9.17, 15) is 13.9 Å². The molecule has 0 aliphatic heterocycles. The summed E-state index contributed by atoms with van der Waals surface area (Å²) < 4.78 is 27.9. The summed E-state index contributed by atoms with van der Waals surface area (Å²) in [6.45, 7) is 3.73. The Morgan fingerprint density at radius 3 is 2.56 bits per heavy atom. The molecule has 0 saturated carbocycles. The van der Waals surface area contributed by atoms with Crippen molar-refractivity contribution in [3.05, 3.63) is 52.3 Å². The van der Waals surface area contributed by atoms with Gasteiger partial charge in [0.25, 0.3) is 0 Å². The van der Waals surface area contributed by atoms with Gasteiger partial charge in [-0.2, -0.15) is 5.10 Å². The highest BCUT2D eigenvalue weighted by Gasteiger charge is 2.12. The van der Waals surface area contributed by atoms with Gasteiger partial charge in [0.15, 0.2) is 0 Å². The zero-order chi connectivity index (χ0) is 13.3. The highest BCUT2D eigenvalue weighted by atomic mass is 19.1. The smallest absolute Gasteiger partial charge is 0.131 e. The number of hydrogen-bond donors (Lipinski definition) is 1. The molecule has 0 bridgehead atoms. The van der Waals surface area contributed by atoms with Crippen LogP contribution in [0.2, 0.25) is 0 Å². The minimum absolute atomic E-state index is 0.0937. The molecule has 1 aromatic carbocycles. The Morgan fingerprint density at radius 1 is 1.28 bits per heavy atom. The maximum atomic E-state index is 13.5. The van der Waals surface area contributed by atoms with Gasteiger partial charge in [-0.15, -0.1) is 0 Å². The van der Waals surface area contributed by atoms with Crippen LogP contribution in [-0.2, 0) is 13.2 Å². The van der Waals surface area contributed by atoms with E-state index in [0.717, 1.165) is 23.0 Å². The third-order valence-corrected chi connectivity index (χ3v) is 3.02. The van der Waals surface area contributed by atoms with Crippen LogP contribution in [0.4, 0.5) is 8.78 Å². The first-order valence-corrected chi connectivity index (χ1v) is 5.60. The predicted molar refractivity (Wildman–Crippen MR) is 63.1 cm³/mol. The lowest BCUT2D eigenvalue weighted by Crippen LogP contribution is -2.06. The van der Waals surface area contributed by atoms with Gasteiger partial charge in [0.05, 0.1) is 18.8 Å². The van der Waals surface area contributed by atoms with Crippen molar-refractivity contribution in [2.75, 3.05) is 0 Å². The van der Waals surface area contributed by atoms with Crippen molar-refractivity contribution in [1.29, 1.82) is 0 Å². The number of nitrogens with zero attached hydrogens (tertiary/aromatic N) is 2. The number of aryl methyl sites for hydroxylation is 1. The van der Waals surface area contributed by atoms with Crippen molar-refractivity contribution in [2.24, 2.45) is 0 Å². The van der Waals surface area contributed by atoms with Gasteiger partial charge < -0.3 is 5.11 Å². The van der Waals surface area contributed by atoms with Crippen LogP contribution in [0.3, 0.4) is 0 Å². The van der Waals surface area contributed by atoms with Crippen LogP contribution in [0, 0.1) is 25.5 Å². The number of benzene rings is 1. The Balaban J connectivity index is 2.34. The van der Waals surface area contributed by atoms with Crippen LogP contribution in [-0.4, -0.2) is 14.9 Å². The number of aliphatic hydroxyl groups excluding tert-OH is 1. The molecule has 18 heavy (non-hydrogen) atoms. The van der Waals surface area contributed by atoms with Crippen molar-refractivity contribution in [3.63, 3.8) is 0 Å². The molecule has 0 atom stereocenters. The van der Waals surface area contributed by atoms with E-state index in [2.05, 4.69) is 5.10 Å². The van der Waals surface area contributed by atoms with Crippen molar-refractivity contribution >= 4 is 0 Å². The highest BCUT2D eigenvalue weighted by molar-refractivity contribution is 5.25. The van der Waals surface area contributed by atoms with Gasteiger partial charge in [0, 0.05) is 22.9 Å². The van der Waals surface area contributed by atoms with Gasteiger partial charge in [0.2, 0.25) is 0 Å². The van der Waals surface area contributed by atoms with E-state index in [4.69, 9.17) is 0 Å². The Morgan fingerprint density at radius 2 is 2.00 bits per heavy atom. The highest BCUT2D eigenvalue weighted by Crippen LogP contribution is 2.16. The van der Waals surface area contributed by atoms with Crippen LogP contribution >= 0.6 is 0 Å². The van der Waals surface area contributed by atoms with Crippen LogP contribution < -0.4 is 0 Å². The molecule has 1 heterocycles. The molecular weight excluding hydrogens is 238 g/mol. The summed E-state index contributed by atoms with van der Waals surface area (Å²) in [4.78, 5) is 0. The Bertz CT molecular complexity index is 579. The fourth-order valence-electron chi connectivity index (χ4n) is 1.93. The van der Waals surface area contributed by atoms with Crippen molar-refractivity contribution < 1.29 is 13.9 Å². The molecule has 0 aliphatic carbocycles. The zero-order valence-electron chi connectivity index (χ0n) is 10.2. The maximum absolute atomic E-state index is 13.5. The average molecular weight is 252 g/mol. The molecule has 0 amide bonds.